The second kappa shape index (κ2) is 8.31. The third kappa shape index (κ3) is 3.76. The van der Waals surface area contributed by atoms with E-state index in [9.17, 15) is 4.79 Å². The van der Waals surface area contributed by atoms with Crippen LogP contribution < -0.4 is 9.54 Å². The maximum absolute atomic E-state index is 12.9. The molecule has 5 heteroatoms. The van der Waals surface area contributed by atoms with Gasteiger partial charge >= 0.3 is 0 Å². The number of fused-ring (bicyclic) bond motifs is 2. The first-order chi connectivity index (χ1) is 13.7. The second-order valence-corrected chi connectivity index (χ2v) is 8.22. The van der Waals surface area contributed by atoms with Crippen molar-refractivity contribution in [1.29, 1.82) is 0 Å². The van der Waals surface area contributed by atoms with Gasteiger partial charge in [-0.3, -0.25) is 4.79 Å². The highest BCUT2D eigenvalue weighted by molar-refractivity contribution is 7.16. The summed E-state index contributed by atoms with van der Waals surface area (Å²) in [6.07, 6.45) is 5.62. The Morgan fingerprint density at radius 1 is 1.11 bits per heavy atom. The van der Waals surface area contributed by atoms with Gasteiger partial charge in [0.1, 0.15) is 5.75 Å². The summed E-state index contributed by atoms with van der Waals surface area (Å²) in [7, 11) is 0. The van der Waals surface area contributed by atoms with Crippen molar-refractivity contribution < 1.29 is 9.53 Å². The van der Waals surface area contributed by atoms with E-state index in [-0.39, 0.29) is 5.91 Å². The first-order valence-corrected chi connectivity index (χ1v) is 11.0. The number of hydrogen-bond acceptors (Lipinski definition) is 3. The molecule has 2 aromatic carbocycles. The average molecular weight is 395 g/mol. The lowest BCUT2D eigenvalue weighted by Gasteiger charge is -2.15. The lowest BCUT2D eigenvalue weighted by atomic mass is 9.90. The Morgan fingerprint density at radius 2 is 1.93 bits per heavy atom. The second-order valence-electron chi connectivity index (χ2n) is 7.21. The number of aromatic nitrogens is 1. The summed E-state index contributed by atoms with van der Waals surface area (Å²) in [5.41, 5.74) is 4.49. The molecule has 0 saturated heterocycles. The Balaban J connectivity index is 1.75. The molecule has 0 atom stereocenters. The lowest BCUT2D eigenvalue weighted by Crippen LogP contribution is -2.17. The van der Waals surface area contributed by atoms with Crippen LogP contribution in [0.1, 0.15) is 54.6 Å². The van der Waals surface area contributed by atoms with E-state index >= 15 is 0 Å². The molecule has 28 heavy (non-hydrogen) atoms. The molecule has 1 heterocycles. The molecule has 0 unspecified atom stereocenters. The Hall–Kier alpha value is -2.40. The van der Waals surface area contributed by atoms with Gasteiger partial charge in [-0.2, -0.15) is 4.99 Å². The predicted molar refractivity (Wildman–Crippen MR) is 114 cm³/mol. The highest BCUT2D eigenvalue weighted by Crippen LogP contribution is 2.25. The van der Waals surface area contributed by atoms with Gasteiger partial charge in [0.15, 0.2) is 4.80 Å². The first-order valence-electron chi connectivity index (χ1n) is 10.2. The van der Waals surface area contributed by atoms with Gasteiger partial charge in [0.2, 0.25) is 0 Å². The van der Waals surface area contributed by atoms with Crippen molar-refractivity contribution in [1.82, 2.24) is 4.57 Å². The van der Waals surface area contributed by atoms with Crippen LogP contribution in [0.3, 0.4) is 0 Å². The van der Waals surface area contributed by atoms with Crippen molar-refractivity contribution in [2.75, 3.05) is 6.61 Å². The molecule has 1 aliphatic rings. The van der Waals surface area contributed by atoms with Crippen molar-refractivity contribution in [2.45, 2.75) is 52.5 Å². The van der Waals surface area contributed by atoms with E-state index in [0.29, 0.717) is 12.2 Å². The molecule has 1 amide bonds. The Bertz CT molecular complexity index is 1080. The molecule has 0 spiro atoms. The maximum Gasteiger partial charge on any atom is 0.279 e. The molecule has 1 aromatic heterocycles. The monoisotopic (exact) mass is 394 g/mol. The van der Waals surface area contributed by atoms with Crippen LogP contribution in [-0.2, 0) is 19.4 Å². The van der Waals surface area contributed by atoms with E-state index in [1.807, 2.05) is 31.2 Å². The van der Waals surface area contributed by atoms with Crippen molar-refractivity contribution in [2.24, 2.45) is 4.99 Å². The van der Waals surface area contributed by atoms with Gasteiger partial charge in [0.05, 0.1) is 16.8 Å². The van der Waals surface area contributed by atoms with E-state index in [4.69, 9.17) is 4.74 Å². The molecule has 3 aromatic rings. The summed E-state index contributed by atoms with van der Waals surface area (Å²) in [4.78, 5) is 18.2. The van der Waals surface area contributed by atoms with Gasteiger partial charge in [-0.25, -0.2) is 0 Å². The fourth-order valence-corrected chi connectivity index (χ4v) is 4.94. The van der Waals surface area contributed by atoms with Crippen LogP contribution in [0.5, 0.6) is 5.75 Å². The lowest BCUT2D eigenvalue weighted by molar-refractivity contribution is 0.0997. The Labute approximate surface area is 169 Å². The number of aryl methyl sites for hydroxylation is 3. The molecule has 1 aliphatic carbocycles. The molecular formula is C23H26N2O2S. The van der Waals surface area contributed by atoms with Crippen LogP contribution >= 0.6 is 11.3 Å². The third-order valence-corrected chi connectivity index (χ3v) is 6.25. The van der Waals surface area contributed by atoms with Crippen LogP contribution in [0.2, 0.25) is 0 Å². The van der Waals surface area contributed by atoms with Gasteiger partial charge < -0.3 is 9.30 Å². The smallest absolute Gasteiger partial charge is 0.279 e. The summed E-state index contributed by atoms with van der Waals surface area (Å²) in [5, 5.41) is 0. The van der Waals surface area contributed by atoms with Crippen molar-refractivity contribution in [3.8, 4) is 5.75 Å². The van der Waals surface area contributed by atoms with Gasteiger partial charge in [-0.05, 0) is 80.5 Å². The minimum atomic E-state index is -0.158. The number of carbonyl (C=O) groups excluding carboxylic acids is 1. The van der Waals surface area contributed by atoms with Crippen molar-refractivity contribution >= 4 is 27.5 Å². The van der Waals surface area contributed by atoms with Gasteiger partial charge in [0, 0.05) is 12.1 Å². The summed E-state index contributed by atoms with van der Waals surface area (Å²) in [6.45, 7) is 5.60. The van der Waals surface area contributed by atoms with Crippen molar-refractivity contribution in [3.63, 3.8) is 0 Å². The van der Waals surface area contributed by atoms with Crippen LogP contribution in [0.25, 0.3) is 10.2 Å². The highest BCUT2D eigenvalue weighted by Gasteiger charge is 2.14. The van der Waals surface area contributed by atoms with E-state index in [1.54, 1.807) is 11.3 Å². The molecule has 4 rings (SSSR count). The zero-order valence-electron chi connectivity index (χ0n) is 16.5. The summed E-state index contributed by atoms with van der Waals surface area (Å²) < 4.78 is 8.86. The standard InChI is InChI=1S/C23H26N2O2S/c1-3-13-25-20-12-11-19(27-4-2)15-21(20)28-23(25)24-22(26)18-10-9-16-7-5-6-8-17(16)14-18/h9-12,14-15H,3-8,13H2,1-2H3. The number of ether oxygens (including phenoxy) is 1. The van der Waals surface area contributed by atoms with E-state index < -0.39 is 0 Å². The van der Waals surface area contributed by atoms with Crippen LogP contribution in [-0.4, -0.2) is 17.1 Å². The van der Waals surface area contributed by atoms with Gasteiger partial charge in [-0.15, -0.1) is 0 Å². The molecule has 4 nitrogen and oxygen atoms in total. The summed E-state index contributed by atoms with van der Waals surface area (Å²) >= 11 is 1.55. The van der Waals surface area contributed by atoms with E-state index in [0.717, 1.165) is 46.6 Å². The number of thiazole rings is 1. The average Bonchev–Trinajstić information content (AvgIpc) is 3.04. The molecule has 146 valence electrons. The zero-order chi connectivity index (χ0) is 19.5. The highest BCUT2D eigenvalue weighted by atomic mass is 32.1. The minimum absolute atomic E-state index is 0.158. The molecule has 0 fully saturated rings. The number of rotatable bonds is 5. The third-order valence-electron chi connectivity index (χ3n) is 5.21. The summed E-state index contributed by atoms with van der Waals surface area (Å²) in [6, 6.07) is 12.2. The number of carbonyl (C=O) groups is 1. The number of hydrogen-bond donors (Lipinski definition) is 0. The Morgan fingerprint density at radius 3 is 2.71 bits per heavy atom. The van der Waals surface area contributed by atoms with Crippen molar-refractivity contribution in [3.05, 3.63) is 57.9 Å². The van der Waals surface area contributed by atoms with Crippen LogP contribution in [0, 0.1) is 0 Å². The predicted octanol–water partition coefficient (Wildman–Crippen LogP) is 5.13. The van der Waals surface area contributed by atoms with Crippen LogP contribution in [0.15, 0.2) is 41.4 Å². The number of amides is 1. The Kier molecular flexibility index (Phi) is 5.62. The quantitative estimate of drug-likeness (QED) is 0.602. The molecule has 0 N–H and O–H groups in total. The number of nitrogens with zero attached hydrogens (tertiary/aromatic N) is 2. The summed E-state index contributed by atoms with van der Waals surface area (Å²) in [5.74, 6) is 0.697. The van der Waals surface area contributed by atoms with E-state index in [2.05, 4.69) is 28.6 Å². The fourth-order valence-electron chi connectivity index (χ4n) is 3.85. The SMILES string of the molecule is CCCn1c(=NC(=O)c2ccc3c(c2)CCCC3)sc2cc(OCC)ccc21. The largest absolute Gasteiger partial charge is 0.494 e. The first kappa shape index (κ1) is 18.9. The molecule has 0 saturated carbocycles. The fraction of sp³-hybridized carbons (Fsp3) is 0.391. The molecule has 0 radical (unpaired) electrons. The molecule has 0 aliphatic heterocycles. The normalized spacial score (nSPS) is 14.3. The van der Waals surface area contributed by atoms with Gasteiger partial charge in [-0.1, -0.05) is 24.3 Å². The van der Waals surface area contributed by atoms with Crippen LogP contribution in [0.4, 0.5) is 0 Å². The van der Waals surface area contributed by atoms with Gasteiger partial charge in [0.25, 0.3) is 5.91 Å². The topological polar surface area (TPSA) is 43.6 Å². The zero-order valence-corrected chi connectivity index (χ0v) is 17.3. The number of benzene rings is 2. The molecule has 0 bridgehead atoms. The minimum Gasteiger partial charge on any atom is -0.494 e. The van der Waals surface area contributed by atoms with E-state index in [1.165, 1.54) is 24.0 Å². The maximum atomic E-state index is 12.9. The molecular weight excluding hydrogens is 368 g/mol.